The number of methoxy groups -OCH3 is 2. The molecule has 36 heavy (non-hydrogen) atoms. The Morgan fingerprint density at radius 3 is 2.39 bits per heavy atom. The lowest BCUT2D eigenvalue weighted by Crippen LogP contribution is -2.47. The summed E-state index contributed by atoms with van der Waals surface area (Å²) in [5.41, 5.74) is 0.767. The molecule has 1 aromatic carbocycles. The quantitative estimate of drug-likeness (QED) is 0.529. The Hall–Kier alpha value is -3.86. The molecule has 0 saturated carbocycles. The van der Waals surface area contributed by atoms with Crippen molar-refractivity contribution in [3.63, 3.8) is 0 Å². The smallest absolute Gasteiger partial charge is 0.408 e. The fourth-order valence-corrected chi connectivity index (χ4v) is 3.95. The lowest BCUT2D eigenvalue weighted by molar-refractivity contribution is 0.0497. The first-order valence-corrected chi connectivity index (χ1v) is 11.5. The number of carbonyl (C=O) groups excluding carboxylic acids is 1. The molecule has 0 bridgehead atoms. The van der Waals surface area contributed by atoms with E-state index in [9.17, 15) is 9.59 Å². The van der Waals surface area contributed by atoms with Gasteiger partial charge >= 0.3 is 6.09 Å². The maximum absolute atomic E-state index is 13.2. The Labute approximate surface area is 208 Å². The van der Waals surface area contributed by atoms with Gasteiger partial charge in [0.2, 0.25) is 5.95 Å². The zero-order chi connectivity index (χ0) is 26.0. The molecule has 0 radical (unpaired) electrons. The highest BCUT2D eigenvalue weighted by Crippen LogP contribution is 2.29. The van der Waals surface area contributed by atoms with Crippen molar-refractivity contribution in [2.24, 2.45) is 7.05 Å². The minimum atomic E-state index is -0.604. The van der Waals surface area contributed by atoms with Gasteiger partial charge in [-0.25, -0.2) is 9.78 Å². The van der Waals surface area contributed by atoms with E-state index in [0.717, 1.165) is 0 Å². The largest absolute Gasteiger partial charge is 0.497 e. The number of nitrogens with one attached hydrogen (secondary N) is 2. The second-order valence-corrected chi connectivity index (χ2v) is 9.54. The van der Waals surface area contributed by atoms with E-state index < -0.39 is 11.7 Å². The maximum atomic E-state index is 13.2. The topological polar surface area (TPSA) is 126 Å². The number of fused-ring (bicyclic) bond motifs is 1. The Kier molecular flexibility index (Phi) is 7.02. The molecule has 2 atom stereocenters. The first-order valence-electron chi connectivity index (χ1n) is 11.5. The van der Waals surface area contributed by atoms with E-state index in [-0.39, 0.29) is 17.6 Å². The van der Waals surface area contributed by atoms with Crippen LogP contribution in [-0.4, -0.2) is 65.7 Å². The van der Waals surface area contributed by atoms with Gasteiger partial charge in [-0.1, -0.05) is 0 Å². The number of rotatable bonds is 6. The normalized spacial score (nSPS) is 17.6. The maximum Gasteiger partial charge on any atom is 0.408 e. The molecule has 1 aliphatic rings. The Morgan fingerprint density at radius 2 is 1.75 bits per heavy atom. The molecule has 3 aromatic rings. The summed E-state index contributed by atoms with van der Waals surface area (Å²) in [5.74, 6) is 1.48. The van der Waals surface area contributed by atoms with E-state index in [1.54, 1.807) is 72.5 Å². The number of hydrogen-bond donors (Lipinski definition) is 2. The number of pyridine rings is 1. The second kappa shape index (κ2) is 10.0. The van der Waals surface area contributed by atoms with Crippen molar-refractivity contribution >= 4 is 23.1 Å². The summed E-state index contributed by atoms with van der Waals surface area (Å²) in [7, 11) is 4.78. The van der Waals surface area contributed by atoms with E-state index in [4.69, 9.17) is 18.9 Å². The first-order chi connectivity index (χ1) is 17.1. The average Bonchev–Trinajstić information content (AvgIpc) is 3.26. The summed E-state index contributed by atoms with van der Waals surface area (Å²) < 4.78 is 23.1. The highest BCUT2D eigenvalue weighted by molar-refractivity contribution is 5.82. The van der Waals surface area contributed by atoms with Gasteiger partial charge in [0.25, 0.3) is 5.56 Å². The fourth-order valence-electron chi connectivity index (χ4n) is 3.95. The zero-order valence-corrected chi connectivity index (χ0v) is 21.2. The lowest BCUT2D eigenvalue weighted by Gasteiger charge is -2.24. The van der Waals surface area contributed by atoms with Crippen molar-refractivity contribution in [2.75, 3.05) is 32.8 Å². The van der Waals surface area contributed by atoms with E-state index in [1.165, 1.54) is 4.57 Å². The van der Waals surface area contributed by atoms with E-state index in [2.05, 4.69) is 20.6 Å². The number of nitrogens with zero attached hydrogens (tertiary/aromatic N) is 3. The third-order valence-corrected chi connectivity index (χ3v) is 5.71. The molecular formula is C25H31N5O6. The van der Waals surface area contributed by atoms with Crippen molar-refractivity contribution in [1.82, 2.24) is 19.9 Å². The summed E-state index contributed by atoms with van der Waals surface area (Å²) in [6.07, 6.45) is 1.13. The molecule has 3 heterocycles. The van der Waals surface area contributed by atoms with Crippen molar-refractivity contribution < 1.29 is 23.7 Å². The van der Waals surface area contributed by atoms with Crippen LogP contribution in [0.1, 0.15) is 20.8 Å². The van der Waals surface area contributed by atoms with Gasteiger partial charge in [-0.3, -0.25) is 9.36 Å². The minimum Gasteiger partial charge on any atom is -0.497 e. The highest BCUT2D eigenvalue weighted by atomic mass is 16.6. The monoisotopic (exact) mass is 497 g/mol. The van der Waals surface area contributed by atoms with Gasteiger partial charge in [0.15, 0.2) is 0 Å². The number of alkyl carbamates (subject to hydrolysis) is 1. The lowest BCUT2D eigenvalue weighted by atomic mass is 10.1. The average molecular weight is 498 g/mol. The molecule has 2 aromatic heterocycles. The van der Waals surface area contributed by atoms with Crippen LogP contribution in [0.3, 0.4) is 0 Å². The number of carbonyl (C=O) groups is 1. The number of aromatic nitrogens is 3. The van der Waals surface area contributed by atoms with Crippen LogP contribution in [0.5, 0.6) is 11.5 Å². The Bertz CT molecular complexity index is 1310. The summed E-state index contributed by atoms with van der Waals surface area (Å²) in [6, 6.07) is 6.46. The van der Waals surface area contributed by atoms with E-state index >= 15 is 0 Å². The molecule has 1 saturated heterocycles. The number of benzene rings is 1. The molecule has 1 amide bonds. The van der Waals surface area contributed by atoms with Crippen LogP contribution < -0.4 is 25.7 Å². The summed E-state index contributed by atoms with van der Waals surface area (Å²) in [4.78, 5) is 34.4. The number of amides is 1. The van der Waals surface area contributed by atoms with Crippen LogP contribution in [0.25, 0.3) is 22.2 Å². The molecule has 1 aliphatic heterocycles. The highest BCUT2D eigenvalue weighted by Gasteiger charge is 2.31. The molecule has 11 heteroatoms. The molecule has 0 spiro atoms. The third-order valence-electron chi connectivity index (χ3n) is 5.71. The molecule has 4 rings (SSSR count). The Morgan fingerprint density at radius 1 is 1.08 bits per heavy atom. The van der Waals surface area contributed by atoms with Gasteiger partial charge in [0.1, 0.15) is 22.7 Å². The van der Waals surface area contributed by atoms with Crippen molar-refractivity contribution in [1.29, 1.82) is 0 Å². The van der Waals surface area contributed by atoms with Crippen molar-refractivity contribution in [2.45, 2.75) is 38.5 Å². The van der Waals surface area contributed by atoms with Gasteiger partial charge in [-0.2, -0.15) is 4.98 Å². The van der Waals surface area contributed by atoms with Crippen LogP contribution in [0.4, 0.5) is 10.7 Å². The van der Waals surface area contributed by atoms with E-state index in [0.29, 0.717) is 52.8 Å². The van der Waals surface area contributed by atoms with Gasteiger partial charge in [0.05, 0.1) is 39.5 Å². The van der Waals surface area contributed by atoms with Crippen LogP contribution >= 0.6 is 0 Å². The summed E-state index contributed by atoms with van der Waals surface area (Å²) >= 11 is 0. The summed E-state index contributed by atoms with van der Waals surface area (Å²) in [6.45, 7) is 6.10. The number of aryl methyl sites for hydroxylation is 1. The van der Waals surface area contributed by atoms with Crippen LogP contribution in [0, 0.1) is 0 Å². The van der Waals surface area contributed by atoms with Crippen molar-refractivity contribution in [3.05, 3.63) is 40.8 Å². The molecular weight excluding hydrogens is 466 g/mol. The Balaban J connectivity index is 1.60. The number of anilines is 1. The SMILES string of the molecule is COc1cc(OC)cc(-c2cc3cnc(N[C@@H]4COCC4NC(=O)OC(C)(C)C)nc3n(C)c2=O)c1. The molecule has 1 fully saturated rings. The molecule has 1 unspecified atom stereocenters. The predicted molar refractivity (Wildman–Crippen MR) is 135 cm³/mol. The molecule has 2 N–H and O–H groups in total. The third kappa shape index (κ3) is 5.51. The molecule has 192 valence electrons. The van der Waals surface area contributed by atoms with Gasteiger partial charge < -0.3 is 29.6 Å². The number of hydrogen-bond acceptors (Lipinski definition) is 9. The number of ether oxygens (including phenoxy) is 4. The standard InChI is InChI=1S/C25H31N5O6/c1-25(2,3)36-24(32)28-20-13-35-12-19(20)27-23-26-11-15-9-18(22(31)30(4)21(15)29-23)14-7-16(33-5)10-17(8-14)34-6/h7-11,19-20H,12-13H2,1-6H3,(H,28,32)(H,26,27,29)/t19-,20?/m1/s1. The second-order valence-electron chi connectivity index (χ2n) is 9.54. The van der Waals surface area contributed by atoms with Crippen LogP contribution in [0.15, 0.2) is 35.3 Å². The predicted octanol–water partition coefficient (Wildman–Crippen LogP) is 2.72. The van der Waals surface area contributed by atoms with Gasteiger partial charge in [-0.05, 0) is 44.5 Å². The van der Waals surface area contributed by atoms with Gasteiger partial charge in [-0.15, -0.1) is 0 Å². The van der Waals surface area contributed by atoms with Crippen molar-refractivity contribution in [3.8, 4) is 22.6 Å². The molecule has 11 nitrogen and oxygen atoms in total. The molecule has 0 aliphatic carbocycles. The van der Waals surface area contributed by atoms with Crippen LogP contribution in [-0.2, 0) is 16.5 Å². The van der Waals surface area contributed by atoms with E-state index in [1.807, 2.05) is 0 Å². The summed E-state index contributed by atoms with van der Waals surface area (Å²) in [5, 5.41) is 6.72. The minimum absolute atomic E-state index is 0.226. The van der Waals surface area contributed by atoms with Gasteiger partial charge in [0, 0.05) is 30.3 Å². The fraction of sp³-hybridized carbons (Fsp3) is 0.440. The van der Waals surface area contributed by atoms with Crippen LogP contribution in [0.2, 0.25) is 0 Å². The zero-order valence-electron chi connectivity index (χ0n) is 21.2. The first kappa shape index (κ1) is 25.2.